The Labute approximate surface area is 158 Å². The number of carbonyl (C=O) groups excluding carboxylic acids is 2. The van der Waals surface area contributed by atoms with E-state index in [1.165, 1.54) is 0 Å². The molecule has 0 radical (unpaired) electrons. The quantitative estimate of drug-likeness (QED) is 0.620. The van der Waals surface area contributed by atoms with Gasteiger partial charge in [0.15, 0.2) is 6.10 Å². The lowest BCUT2D eigenvalue weighted by Crippen LogP contribution is -2.38. The molecule has 0 bridgehead atoms. The largest absolute Gasteiger partial charge is 0.449 e. The van der Waals surface area contributed by atoms with Crippen LogP contribution in [0.5, 0.6) is 0 Å². The third-order valence-electron chi connectivity index (χ3n) is 4.38. The van der Waals surface area contributed by atoms with E-state index < -0.39 is 12.1 Å². The molecule has 3 rings (SSSR count). The van der Waals surface area contributed by atoms with Gasteiger partial charge in [0.05, 0.1) is 6.04 Å². The fourth-order valence-electron chi connectivity index (χ4n) is 2.94. The number of amides is 1. The van der Waals surface area contributed by atoms with Crippen molar-refractivity contribution in [1.82, 2.24) is 5.32 Å². The van der Waals surface area contributed by atoms with E-state index >= 15 is 0 Å². The zero-order valence-corrected chi connectivity index (χ0v) is 15.5. The van der Waals surface area contributed by atoms with Gasteiger partial charge in [-0.25, -0.2) is 4.79 Å². The molecule has 1 N–H and O–H groups in total. The molecule has 0 saturated heterocycles. The van der Waals surface area contributed by atoms with Crippen molar-refractivity contribution in [1.29, 1.82) is 0 Å². The second-order valence-corrected chi connectivity index (χ2v) is 6.46. The molecule has 0 saturated carbocycles. The number of furan rings is 1. The van der Waals surface area contributed by atoms with Gasteiger partial charge in [0.1, 0.15) is 5.58 Å². The molecule has 1 aromatic heterocycles. The average Bonchev–Trinajstić information content (AvgIpc) is 3.12. The van der Waals surface area contributed by atoms with Gasteiger partial charge in [-0.2, -0.15) is 0 Å². The predicted molar refractivity (Wildman–Crippen MR) is 103 cm³/mol. The van der Waals surface area contributed by atoms with Crippen molar-refractivity contribution in [3.8, 4) is 0 Å². The summed E-state index contributed by atoms with van der Waals surface area (Å²) in [5, 5.41) is 3.78. The number of rotatable bonds is 7. The molecule has 140 valence electrons. The Balaban J connectivity index is 1.64. The summed E-state index contributed by atoms with van der Waals surface area (Å²) in [5.41, 5.74) is 1.64. The molecule has 3 aromatic rings. The van der Waals surface area contributed by atoms with Gasteiger partial charge in [0.25, 0.3) is 5.91 Å². The molecule has 1 amide bonds. The highest BCUT2D eigenvalue weighted by Crippen LogP contribution is 2.21. The van der Waals surface area contributed by atoms with Crippen molar-refractivity contribution in [2.45, 2.75) is 38.8 Å². The minimum atomic E-state index is -0.922. The first-order chi connectivity index (χ1) is 13.1. The summed E-state index contributed by atoms with van der Waals surface area (Å²) in [6, 6.07) is 18.6. The summed E-state index contributed by atoms with van der Waals surface area (Å²) in [6.07, 6.45) is 0.807. The molecular formula is C22H23NO4. The molecule has 5 nitrogen and oxygen atoms in total. The fourth-order valence-corrected chi connectivity index (χ4v) is 2.94. The zero-order chi connectivity index (χ0) is 19.2. The van der Waals surface area contributed by atoms with Gasteiger partial charge in [0, 0.05) is 5.39 Å². The fraction of sp³-hybridized carbons (Fsp3) is 0.273. The molecule has 0 fully saturated rings. The maximum absolute atomic E-state index is 12.5. The molecule has 0 aliphatic carbocycles. The number of fused-ring (bicyclic) bond motifs is 1. The van der Waals surface area contributed by atoms with Gasteiger partial charge >= 0.3 is 5.97 Å². The summed E-state index contributed by atoms with van der Waals surface area (Å²) in [5.74, 6) is -0.897. The van der Waals surface area contributed by atoms with Gasteiger partial charge in [-0.15, -0.1) is 0 Å². The minimum absolute atomic E-state index is 0.0871. The van der Waals surface area contributed by atoms with Crippen molar-refractivity contribution in [2.24, 2.45) is 0 Å². The van der Waals surface area contributed by atoms with Crippen molar-refractivity contribution in [3.05, 3.63) is 72.0 Å². The third-order valence-corrected chi connectivity index (χ3v) is 4.38. The number of benzene rings is 2. The van der Waals surface area contributed by atoms with Gasteiger partial charge < -0.3 is 14.5 Å². The second kappa shape index (κ2) is 8.54. The molecule has 2 atom stereocenters. The van der Waals surface area contributed by atoms with Gasteiger partial charge in [0.2, 0.25) is 5.76 Å². The van der Waals surface area contributed by atoms with Crippen LogP contribution in [-0.4, -0.2) is 18.0 Å². The molecule has 0 aliphatic rings. The van der Waals surface area contributed by atoms with Crippen molar-refractivity contribution < 1.29 is 18.7 Å². The third kappa shape index (κ3) is 4.56. The Hall–Kier alpha value is -3.08. The van der Waals surface area contributed by atoms with Crippen LogP contribution < -0.4 is 5.32 Å². The Kier molecular flexibility index (Phi) is 5.91. The smallest absolute Gasteiger partial charge is 0.375 e. The molecule has 27 heavy (non-hydrogen) atoms. The molecule has 0 spiro atoms. The van der Waals surface area contributed by atoms with Gasteiger partial charge in [-0.1, -0.05) is 61.9 Å². The highest BCUT2D eigenvalue weighted by atomic mass is 16.6. The first kappa shape index (κ1) is 18.7. The van der Waals surface area contributed by atoms with Crippen LogP contribution in [0.4, 0.5) is 0 Å². The number of para-hydroxylation sites is 1. The van der Waals surface area contributed by atoms with E-state index in [0.717, 1.165) is 23.8 Å². The van der Waals surface area contributed by atoms with Crippen LogP contribution in [-0.2, 0) is 9.53 Å². The van der Waals surface area contributed by atoms with E-state index in [2.05, 4.69) is 12.2 Å². The maximum Gasteiger partial charge on any atom is 0.375 e. The van der Waals surface area contributed by atoms with Crippen molar-refractivity contribution in [3.63, 3.8) is 0 Å². The van der Waals surface area contributed by atoms with E-state index in [4.69, 9.17) is 9.15 Å². The van der Waals surface area contributed by atoms with E-state index in [1.807, 2.05) is 48.5 Å². The van der Waals surface area contributed by atoms with Crippen LogP contribution in [0, 0.1) is 0 Å². The normalized spacial score (nSPS) is 13.1. The standard InChI is InChI=1S/C22H23NO4/c1-3-9-18(16-10-5-4-6-11-16)23-21(24)15(2)26-22(25)20-14-17-12-7-8-13-19(17)27-20/h4-8,10-15,18H,3,9H2,1-2H3,(H,23,24). The minimum Gasteiger partial charge on any atom is -0.449 e. The molecule has 2 aromatic carbocycles. The highest BCUT2D eigenvalue weighted by Gasteiger charge is 2.24. The van der Waals surface area contributed by atoms with E-state index in [0.29, 0.717) is 5.58 Å². The lowest BCUT2D eigenvalue weighted by molar-refractivity contribution is -0.130. The maximum atomic E-state index is 12.5. The van der Waals surface area contributed by atoms with Crippen molar-refractivity contribution in [2.75, 3.05) is 0 Å². The summed E-state index contributed by atoms with van der Waals surface area (Å²) in [6.45, 7) is 3.62. The summed E-state index contributed by atoms with van der Waals surface area (Å²) in [4.78, 5) is 24.8. The van der Waals surface area contributed by atoms with Crippen LogP contribution in [0.3, 0.4) is 0 Å². The number of carbonyl (C=O) groups is 2. The van der Waals surface area contributed by atoms with E-state index in [-0.39, 0.29) is 17.7 Å². The Morgan fingerprint density at radius 3 is 2.48 bits per heavy atom. The van der Waals surface area contributed by atoms with Gasteiger partial charge in [-0.05, 0) is 31.0 Å². The van der Waals surface area contributed by atoms with E-state index in [9.17, 15) is 9.59 Å². The molecule has 5 heteroatoms. The molecular weight excluding hydrogens is 342 g/mol. The van der Waals surface area contributed by atoms with Crippen LogP contribution in [0.2, 0.25) is 0 Å². The summed E-state index contributed by atoms with van der Waals surface area (Å²) in [7, 11) is 0. The van der Waals surface area contributed by atoms with Crippen LogP contribution in [0.25, 0.3) is 11.0 Å². The summed E-state index contributed by atoms with van der Waals surface area (Å²) >= 11 is 0. The first-order valence-corrected chi connectivity index (χ1v) is 9.13. The lowest BCUT2D eigenvalue weighted by Gasteiger charge is -2.21. The number of nitrogens with one attached hydrogen (secondary N) is 1. The SMILES string of the molecule is CCCC(NC(=O)C(C)OC(=O)c1cc2ccccc2o1)c1ccccc1. The lowest BCUT2D eigenvalue weighted by atomic mass is 10.0. The Morgan fingerprint density at radius 1 is 1.07 bits per heavy atom. The summed E-state index contributed by atoms with van der Waals surface area (Å²) < 4.78 is 10.8. The number of hydrogen-bond donors (Lipinski definition) is 1. The van der Waals surface area contributed by atoms with E-state index in [1.54, 1.807) is 19.1 Å². The molecule has 2 unspecified atom stereocenters. The molecule has 0 aliphatic heterocycles. The zero-order valence-electron chi connectivity index (χ0n) is 15.5. The second-order valence-electron chi connectivity index (χ2n) is 6.46. The van der Waals surface area contributed by atoms with Crippen LogP contribution in [0.15, 0.2) is 65.1 Å². The number of hydrogen-bond acceptors (Lipinski definition) is 4. The Bertz CT molecular complexity index is 883. The predicted octanol–water partition coefficient (Wildman–Crippen LogP) is 4.64. The Morgan fingerprint density at radius 2 is 1.78 bits per heavy atom. The average molecular weight is 365 g/mol. The monoisotopic (exact) mass is 365 g/mol. The number of ether oxygens (including phenoxy) is 1. The van der Waals surface area contributed by atoms with Crippen molar-refractivity contribution >= 4 is 22.8 Å². The highest BCUT2D eigenvalue weighted by molar-refractivity contribution is 5.94. The molecule has 1 heterocycles. The number of esters is 1. The van der Waals surface area contributed by atoms with Crippen LogP contribution >= 0.6 is 0 Å². The topological polar surface area (TPSA) is 68.5 Å². The van der Waals surface area contributed by atoms with Gasteiger partial charge in [-0.3, -0.25) is 4.79 Å². The van der Waals surface area contributed by atoms with Crippen LogP contribution in [0.1, 0.15) is 48.8 Å². The first-order valence-electron chi connectivity index (χ1n) is 9.13.